The van der Waals surface area contributed by atoms with Crippen LogP contribution < -0.4 is 10.9 Å². The Bertz CT molecular complexity index is 416. The van der Waals surface area contributed by atoms with Crippen molar-refractivity contribution < 1.29 is 14.8 Å². The number of hydrogen-bond acceptors (Lipinski definition) is 5. The monoisotopic (exact) mass is 211 g/mol. The second-order valence-corrected chi connectivity index (χ2v) is 2.88. The van der Waals surface area contributed by atoms with Gasteiger partial charge in [0.15, 0.2) is 0 Å². The molecule has 0 aliphatic carbocycles. The first-order valence-corrected chi connectivity index (χ1v) is 3.93. The van der Waals surface area contributed by atoms with Gasteiger partial charge < -0.3 is 10.1 Å². The molecule has 0 heterocycles. The molecule has 0 unspecified atom stereocenters. The number of nitro benzene ring substituents is 1. The number of carboxylic acids is 1. The van der Waals surface area contributed by atoms with E-state index < -0.39 is 10.9 Å². The number of rotatable bonds is 3. The summed E-state index contributed by atoms with van der Waals surface area (Å²) in [4.78, 5) is 20.5. The number of nitro groups is 1. The van der Waals surface area contributed by atoms with Gasteiger partial charge in [-0.25, -0.2) is 10.6 Å². The van der Waals surface area contributed by atoms with Crippen molar-refractivity contribution in [3.05, 3.63) is 33.9 Å². The zero-order valence-electron chi connectivity index (χ0n) is 7.88. The van der Waals surface area contributed by atoms with Gasteiger partial charge in [0.2, 0.25) is 0 Å². The zero-order chi connectivity index (χ0) is 11.6. The van der Waals surface area contributed by atoms with E-state index in [1.807, 2.05) is 0 Å². The summed E-state index contributed by atoms with van der Waals surface area (Å²) in [5.74, 6) is 4.14. The number of carbonyl (C=O) groups is 1. The van der Waals surface area contributed by atoms with E-state index >= 15 is 0 Å². The lowest BCUT2D eigenvalue weighted by Crippen LogP contribution is -2.26. The van der Waals surface area contributed by atoms with Crippen molar-refractivity contribution >= 4 is 17.3 Å². The first-order valence-electron chi connectivity index (χ1n) is 3.93. The van der Waals surface area contributed by atoms with Gasteiger partial charge in [-0.3, -0.25) is 10.1 Å². The largest absolute Gasteiger partial charge is 0.478 e. The topological polar surface area (TPSA) is 110 Å². The molecule has 0 aliphatic heterocycles. The minimum atomic E-state index is -1.22. The Morgan fingerprint density at radius 2 is 2.20 bits per heavy atom. The summed E-state index contributed by atoms with van der Waals surface area (Å²) in [5.41, 5.74) is -0.322. The number of anilines is 1. The van der Waals surface area contributed by atoms with Crippen LogP contribution in [0.25, 0.3) is 0 Å². The van der Waals surface area contributed by atoms with Gasteiger partial charge in [0.1, 0.15) is 5.69 Å². The normalized spacial score (nSPS) is 9.73. The highest BCUT2D eigenvalue weighted by Gasteiger charge is 2.18. The fraction of sp³-hybridized carbons (Fsp3) is 0.125. The molecule has 0 bridgehead atoms. The third kappa shape index (κ3) is 2.20. The van der Waals surface area contributed by atoms with Crippen LogP contribution in [0.2, 0.25) is 0 Å². The summed E-state index contributed by atoms with van der Waals surface area (Å²) >= 11 is 0. The van der Waals surface area contributed by atoms with Gasteiger partial charge in [0.25, 0.3) is 5.69 Å². The summed E-state index contributed by atoms with van der Waals surface area (Å²) < 4.78 is 0. The highest BCUT2D eigenvalue weighted by Crippen LogP contribution is 2.26. The molecule has 0 radical (unpaired) electrons. The van der Waals surface area contributed by atoms with E-state index in [-0.39, 0.29) is 16.9 Å². The van der Waals surface area contributed by atoms with E-state index in [1.165, 1.54) is 19.2 Å². The van der Waals surface area contributed by atoms with Gasteiger partial charge in [-0.1, -0.05) is 0 Å². The summed E-state index contributed by atoms with van der Waals surface area (Å²) in [6, 6.07) is 3.52. The first-order chi connectivity index (χ1) is 6.93. The fourth-order valence-electron chi connectivity index (χ4n) is 1.10. The summed E-state index contributed by atoms with van der Waals surface area (Å²) in [5, 5.41) is 20.3. The van der Waals surface area contributed by atoms with E-state index in [2.05, 4.69) is 0 Å². The molecule has 0 aromatic heterocycles. The number of nitrogens with two attached hydrogens (primary N) is 1. The SMILES string of the molecule is CN(N)c1ccc(C(=O)O)cc1[N+](=O)[O-]. The number of carboxylic acid groups (broad SMARTS) is 1. The number of benzene rings is 1. The molecule has 0 saturated heterocycles. The number of hydrogen-bond donors (Lipinski definition) is 2. The molecule has 0 atom stereocenters. The maximum Gasteiger partial charge on any atom is 0.335 e. The molecule has 80 valence electrons. The van der Waals surface area contributed by atoms with Crippen LogP contribution in [0.15, 0.2) is 18.2 Å². The molecule has 1 rings (SSSR count). The molecular formula is C8H9N3O4. The predicted octanol–water partition coefficient (Wildman–Crippen LogP) is 0.603. The van der Waals surface area contributed by atoms with Gasteiger partial charge in [-0.15, -0.1) is 0 Å². The third-order valence-electron chi connectivity index (χ3n) is 1.80. The molecule has 0 amide bonds. The van der Waals surface area contributed by atoms with E-state index in [0.717, 1.165) is 11.1 Å². The van der Waals surface area contributed by atoms with Crippen molar-refractivity contribution in [2.24, 2.45) is 5.84 Å². The summed E-state index contributed by atoms with van der Waals surface area (Å²) in [6.07, 6.45) is 0. The summed E-state index contributed by atoms with van der Waals surface area (Å²) in [7, 11) is 1.43. The lowest BCUT2D eigenvalue weighted by Gasteiger charge is -2.12. The van der Waals surface area contributed by atoms with Crippen LogP contribution in [0.4, 0.5) is 11.4 Å². The average molecular weight is 211 g/mol. The molecule has 1 aromatic rings. The maximum atomic E-state index is 10.6. The average Bonchev–Trinajstić information content (AvgIpc) is 2.16. The quantitative estimate of drug-likeness (QED) is 0.430. The molecule has 7 heteroatoms. The second kappa shape index (κ2) is 3.93. The van der Waals surface area contributed by atoms with E-state index in [1.54, 1.807) is 0 Å². The minimum Gasteiger partial charge on any atom is -0.478 e. The molecule has 15 heavy (non-hydrogen) atoms. The van der Waals surface area contributed by atoms with Crippen molar-refractivity contribution in [1.82, 2.24) is 0 Å². The van der Waals surface area contributed by atoms with Crippen molar-refractivity contribution in [2.45, 2.75) is 0 Å². The van der Waals surface area contributed by atoms with Crippen LogP contribution in [0.5, 0.6) is 0 Å². The van der Waals surface area contributed by atoms with Crippen LogP contribution in [0.3, 0.4) is 0 Å². The van der Waals surface area contributed by atoms with E-state index in [4.69, 9.17) is 10.9 Å². The van der Waals surface area contributed by atoms with Crippen LogP contribution in [-0.4, -0.2) is 23.0 Å². The van der Waals surface area contributed by atoms with Gasteiger partial charge in [0.05, 0.1) is 10.5 Å². The Hall–Kier alpha value is -2.15. The van der Waals surface area contributed by atoms with E-state index in [0.29, 0.717) is 0 Å². The Kier molecular flexibility index (Phi) is 2.86. The van der Waals surface area contributed by atoms with E-state index in [9.17, 15) is 14.9 Å². The summed E-state index contributed by atoms with van der Waals surface area (Å²) in [6.45, 7) is 0. The minimum absolute atomic E-state index is 0.146. The zero-order valence-corrected chi connectivity index (χ0v) is 7.88. The molecular weight excluding hydrogens is 202 g/mol. The molecule has 0 spiro atoms. The highest BCUT2D eigenvalue weighted by molar-refractivity contribution is 5.89. The molecule has 0 saturated carbocycles. The second-order valence-electron chi connectivity index (χ2n) is 2.88. The van der Waals surface area contributed by atoms with Crippen LogP contribution in [0, 0.1) is 10.1 Å². The highest BCUT2D eigenvalue weighted by atomic mass is 16.6. The Labute approximate surface area is 84.8 Å². The van der Waals surface area contributed by atoms with Gasteiger partial charge >= 0.3 is 5.97 Å². The standard InChI is InChI=1S/C8H9N3O4/c1-10(9)6-3-2-5(8(12)13)4-7(6)11(14)15/h2-4H,9H2,1H3,(H,12,13). The van der Waals surface area contributed by atoms with Gasteiger partial charge in [-0.2, -0.15) is 0 Å². The lowest BCUT2D eigenvalue weighted by atomic mass is 10.1. The Morgan fingerprint density at radius 3 is 2.60 bits per heavy atom. The molecule has 0 fully saturated rings. The van der Waals surface area contributed by atoms with Gasteiger partial charge in [-0.05, 0) is 12.1 Å². The molecule has 7 nitrogen and oxygen atoms in total. The molecule has 0 aliphatic rings. The third-order valence-corrected chi connectivity index (χ3v) is 1.80. The molecule has 1 aromatic carbocycles. The smallest absolute Gasteiger partial charge is 0.335 e. The van der Waals surface area contributed by atoms with Crippen LogP contribution in [0.1, 0.15) is 10.4 Å². The number of hydrazine groups is 1. The number of nitrogens with zero attached hydrogens (tertiary/aromatic N) is 2. The Morgan fingerprint density at radius 1 is 1.60 bits per heavy atom. The maximum absolute atomic E-state index is 10.6. The van der Waals surface area contributed by atoms with Gasteiger partial charge in [0, 0.05) is 13.1 Å². The lowest BCUT2D eigenvalue weighted by molar-refractivity contribution is -0.384. The Balaban J connectivity index is 3.33. The van der Waals surface area contributed by atoms with Crippen molar-refractivity contribution in [1.29, 1.82) is 0 Å². The van der Waals surface area contributed by atoms with Crippen molar-refractivity contribution in [3.63, 3.8) is 0 Å². The fourth-order valence-corrected chi connectivity index (χ4v) is 1.10. The van der Waals surface area contributed by atoms with Crippen molar-refractivity contribution in [3.8, 4) is 0 Å². The predicted molar refractivity (Wildman–Crippen MR) is 52.6 cm³/mol. The van der Waals surface area contributed by atoms with Crippen LogP contribution in [-0.2, 0) is 0 Å². The first kappa shape index (κ1) is 10.9. The van der Waals surface area contributed by atoms with Crippen LogP contribution >= 0.6 is 0 Å². The van der Waals surface area contributed by atoms with Crippen molar-refractivity contribution in [2.75, 3.05) is 12.1 Å². The number of aromatic carboxylic acids is 1. The molecule has 3 N–H and O–H groups in total.